The lowest BCUT2D eigenvalue weighted by Crippen LogP contribution is -2.43. The van der Waals surface area contributed by atoms with Gasteiger partial charge in [-0.2, -0.15) is 13.2 Å². The van der Waals surface area contributed by atoms with Crippen molar-refractivity contribution in [3.63, 3.8) is 0 Å². The zero-order valence-electron chi connectivity index (χ0n) is 19.5. The zero-order chi connectivity index (χ0) is 25.5. The maximum atomic E-state index is 13.5. The Kier molecular flexibility index (Phi) is 7.16. The van der Waals surface area contributed by atoms with Gasteiger partial charge in [-0.1, -0.05) is 23.2 Å². The third-order valence-electron chi connectivity index (χ3n) is 6.53. The van der Waals surface area contributed by atoms with Crippen molar-refractivity contribution in [2.75, 3.05) is 11.9 Å². The first-order chi connectivity index (χ1) is 16.4. The van der Waals surface area contributed by atoms with Crippen LogP contribution in [0.5, 0.6) is 0 Å². The number of amides is 1. The van der Waals surface area contributed by atoms with Crippen LogP contribution in [0.3, 0.4) is 0 Å². The van der Waals surface area contributed by atoms with Crippen molar-refractivity contribution >= 4 is 45.7 Å². The van der Waals surface area contributed by atoms with Gasteiger partial charge in [0.15, 0.2) is 0 Å². The van der Waals surface area contributed by atoms with Crippen molar-refractivity contribution in [2.45, 2.75) is 57.8 Å². The van der Waals surface area contributed by atoms with E-state index in [9.17, 15) is 18.0 Å². The highest BCUT2D eigenvalue weighted by Crippen LogP contribution is 2.37. The van der Waals surface area contributed by atoms with Gasteiger partial charge >= 0.3 is 6.18 Å². The first kappa shape index (κ1) is 25.5. The normalized spacial score (nSPS) is 18.5. The molecule has 2 heterocycles. The second kappa shape index (κ2) is 9.82. The van der Waals surface area contributed by atoms with Crippen molar-refractivity contribution in [1.82, 2.24) is 15.3 Å². The van der Waals surface area contributed by atoms with E-state index in [4.69, 9.17) is 23.2 Å². The number of carbonyl (C=O) groups is 1. The highest BCUT2D eigenvalue weighted by Gasteiger charge is 2.35. The van der Waals surface area contributed by atoms with E-state index < -0.39 is 11.9 Å². The van der Waals surface area contributed by atoms with E-state index in [0.29, 0.717) is 47.3 Å². The molecular formula is C25H25Cl2F3N4O. The SMILES string of the molecule is Cc1cc(C)c(C(=O)NC2CCC(N(C)c3cc(C(F)(F)F)nc4ccc(Cl)cc34)CC2)c(Cl)n1. The Hall–Kier alpha value is -2.58. The van der Waals surface area contributed by atoms with Gasteiger partial charge < -0.3 is 10.2 Å². The van der Waals surface area contributed by atoms with E-state index >= 15 is 0 Å². The van der Waals surface area contributed by atoms with Gasteiger partial charge in [-0.3, -0.25) is 4.79 Å². The Morgan fingerprint density at radius 3 is 2.37 bits per heavy atom. The Bertz CT molecular complexity index is 1250. The Balaban J connectivity index is 1.50. The summed E-state index contributed by atoms with van der Waals surface area (Å²) in [6.07, 6.45) is -1.78. The van der Waals surface area contributed by atoms with Crippen molar-refractivity contribution in [2.24, 2.45) is 0 Å². The van der Waals surface area contributed by atoms with Gasteiger partial charge in [-0.05, 0) is 75.4 Å². The predicted molar refractivity (Wildman–Crippen MR) is 132 cm³/mol. The van der Waals surface area contributed by atoms with Gasteiger partial charge in [0.1, 0.15) is 10.8 Å². The number of rotatable bonds is 4. The molecule has 1 N–H and O–H groups in total. The average molecular weight is 525 g/mol. The van der Waals surface area contributed by atoms with Crippen LogP contribution in [0.25, 0.3) is 10.9 Å². The van der Waals surface area contributed by atoms with Crippen molar-refractivity contribution < 1.29 is 18.0 Å². The number of aromatic nitrogens is 2. The lowest BCUT2D eigenvalue weighted by molar-refractivity contribution is -0.140. The van der Waals surface area contributed by atoms with Crippen LogP contribution in [0.1, 0.15) is 53.0 Å². The molecule has 2 aromatic heterocycles. The molecule has 1 fully saturated rings. The van der Waals surface area contributed by atoms with Crippen LogP contribution in [0, 0.1) is 13.8 Å². The quantitative estimate of drug-likeness (QED) is 0.383. The number of halogens is 5. The number of hydrogen-bond acceptors (Lipinski definition) is 4. The van der Waals surface area contributed by atoms with E-state index in [2.05, 4.69) is 15.3 Å². The van der Waals surface area contributed by atoms with Gasteiger partial charge in [-0.25, -0.2) is 9.97 Å². The summed E-state index contributed by atoms with van der Waals surface area (Å²) >= 11 is 12.3. The zero-order valence-corrected chi connectivity index (χ0v) is 21.0. The highest BCUT2D eigenvalue weighted by molar-refractivity contribution is 6.33. The van der Waals surface area contributed by atoms with Crippen LogP contribution in [-0.2, 0) is 6.18 Å². The monoisotopic (exact) mass is 524 g/mol. The predicted octanol–water partition coefficient (Wildman–Crippen LogP) is 6.75. The number of hydrogen-bond donors (Lipinski definition) is 1. The van der Waals surface area contributed by atoms with E-state index in [1.54, 1.807) is 13.1 Å². The molecule has 0 spiro atoms. The van der Waals surface area contributed by atoms with E-state index in [1.807, 2.05) is 24.8 Å². The number of benzene rings is 1. The van der Waals surface area contributed by atoms with E-state index in [1.165, 1.54) is 12.1 Å². The molecule has 0 saturated heterocycles. The summed E-state index contributed by atoms with van der Waals surface area (Å²) in [6, 6.07) is 7.52. The van der Waals surface area contributed by atoms with Gasteiger partial charge in [0.05, 0.1) is 11.1 Å². The van der Waals surface area contributed by atoms with Crippen LogP contribution in [-0.4, -0.2) is 35.0 Å². The lowest BCUT2D eigenvalue weighted by atomic mass is 9.89. The molecule has 35 heavy (non-hydrogen) atoms. The van der Waals surface area contributed by atoms with Crippen molar-refractivity contribution in [1.29, 1.82) is 0 Å². The minimum Gasteiger partial charge on any atom is -0.371 e. The van der Waals surface area contributed by atoms with Crippen molar-refractivity contribution in [3.8, 4) is 0 Å². The summed E-state index contributed by atoms with van der Waals surface area (Å²) in [5, 5.41) is 4.22. The van der Waals surface area contributed by atoms with Gasteiger partial charge in [-0.15, -0.1) is 0 Å². The molecule has 3 aromatic rings. The molecule has 0 bridgehead atoms. The molecule has 0 unspecified atom stereocenters. The van der Waals surface area contributed by atoms with Gasteiger partial charge in [0, 0.05) is 40.9 Å². The highest BCUT2D eigenvalue weighted by atomic mass is 35.5. The summed E-state index contributed by atoms with van der Waals surface area (Å²) in [5.74, 6) is -0.263. The standard InChI is InChI=1S/C25H25Cl2F3N4O/c1-13-10-14(2)31-23(27)22(13)24(35)32-16-5-7-17(8-6-16)34(3)20-12-21(25(28,29)30)33-19-9-4-15(26)11-18(19)20/h4,9-12,16-17H,5-8H2,1-3H3,(H,32,35). The van der Waals surface area contributed by atoms with Crippen LogP contribution >= 0.6 is 23.2 Å². The molecule has 5 nitrogen and oxygen atoms in total. The molecule has 0 atom stereocenters. The molecule has 10 heteroatoms. The molecule has 1 saturated carbocycles. The Labute approximate surface area is 211 Å². The largest absolute Gasteiger partial charge is 0.433 e. The number of nitrogens with zero attached hydrogens (tertiary/aromatic N) is 3. The fourth-order valence-corrected chi connectivity index (χ4v) is 5.28. The maximum Gasteiger partial charge on any atom is 0.433 e. The van der Waals surface area contributed by atoms with Crippen LogP contribution in [0.2, 0.25) is 10.2 Å². The number of nitrogens with one attached hydrogen (secondary N) is 1. The fraction of sp³-hybridized carbons (Fsp3) is 0.400. The number of aryl methyl sites for hydroxylation is 2. The summed E-state index contributed by atoms with van der Waals surface area (Å²) in [4.78, 5) is 22.7. The van der Waals surface area contributed by atoms with Crippen LogP contribution in [0.15, 0.2) is 30.3 Å². The summed E-state index contributed by atoms with van der Waals surface area (Å²) < 4.78 is 40.5. The molecule has 1 aromatic carbocycles. The third kappa shape index (κ3) is 5.48. The lowest BCUT2D eigenvalue weighted by Gasteiger charge is -2.37. The topological polar surface area (TPSA) is 58.1 Å². The molecule has 1 amide bonds. The Morgan fingerprint density at radius 1 is 1.06 bits per heavy atom. The molecule has 0 radical (unpaired) electrons. The van der Waals surface area contributed by atoms with Gasteiger partial charge in [0.2, 0.25) is 0 Å². The maximum absolute atomic E-state index is 13.5. The summed E-state index contributed by atoms with van der Waals surface area (Å²) in [7, 11) is 1.79. The molecular weight excluding hydrogens is 500 g/mol. The van der Waals surface area contributed by atoms with Gasteiger partial charge in [0.25, 0.3) is 5.91 Å². The second-order valence-corrected chi connectivity index (χ2v) is 9.82. The molecule has 0 aliphatic heterocycles. The third-order valence-corrected chi connectivity index (χ3v) is 7.04. The fourth-order valence-electron chi connectivity index (χ4n) is 4.74. The molecule has 1 aliphatic rings. The number of pyridine rings is 2. The molecule has 1 aliphatic carbocycles. The smallest absolute Gasteiger partial charge is 0.371 e. The number of carbonyl (C=O) groups excluding carboxylic acids is 1. The number of alkyl halides is 3. The molecule has 4 rings (SSSR count). The first-order valence-electron chi connectivity index (χ1n) is 11.3. The molecule has 186 valence electrons. The van der Waals surface area contributed by atoms with E-state index in [-0.39, 0.29) is 28.7 Å². The second-order valence-electron chi connectivity index (χ2n) is 9.02. The number of fused-ring (bicyclic) bond motifs is 1. The van der Waals surface area contributed by atoms with Crippen LogP contribution < -0.4 is 10.2 Å². The van der Waals surface area contributed by atoms with Crippen LogP contribution in [0.4, 0.5) is 18.9 Å². The minimum absolute atomic E-state index is 0.000169. The van der Waals surface area contributed by atoms with Crippen molar-refractivity contribution in [3.05, 3.63) is 63.0 Å². The first-order valence-corrected chi connectivity index (χ1v) is 12.0. The minimum atomic E-state index is -4.56. The number of anilines is 1. The average Bonchev–Trinajstić information content (AvgIpc) is 2.77. The van der Waals surface area contributed by atoms with E-state index in [0.717, 1.165) is 17.3 Å². The Morgan fingerprint density at radius 2 is 1.74 bits per heavy atom. The summed E-state index contributed by atoms with van der Waals surface area (Å²) in [6.45, 7) is 3.64. The summed E-state index contributed by atoms with van der Waals surface area (Å²) in [5.41, 5.74) is 1.62.